The lowest BCUT2D eigenvalue weighted by Crippen LogP contribution is -2.26. The minimum Gasteiger partial charge on any atom is -0.481 e. The van der Waals surface area contributed by atoms with Crippen LogP contribution in [-0.2, 0) is 9.59 Å². The molecule has 0 fully saturated rings. The zero-order valence-corrected chi connectivity index (χ0v) is 19.1. The van der Waals surface area contributed by atoms with Gasteiger partial charge in [0.05, 0.1) is 12.3 Å². The molecule has 1 aliphatic rings. The Labute approximate surface area is 189 Å². The van der Waals surface area contributed by atoms with E-state index < -0.39 is 5.97 Å². The summed E-state index contributed by atoms with van der Waals surface area (Å²) < 4.78 is 0. The van der Waals surface area contributed by atoms with Crippen molar-refractivity contribution in [3.8, 4) is 0 Å². The van der Waals surface area contributed by atoms with Gasteiger partial charge in [0.1, 0.15) is 0 Å². The lowest BCUT2D eigenvalue weighted by molar-refractivity contribution is -0.133. The van der Waals surface area contributed by atoms with Gasteiger partial charge in [-0.3, -0.25) is 9.59 Å². The molecule has 0 spiro atoms. The van der Waals surface area contributed by atoms with E-state index >= 15 is 0 Å². The Hall–Kier alpha value is -2.79. The van der Waals surface area contributed by atoms with Crippen LogP contribution in [0.15, 0.2) is 83.0 Å². The van der Waals surface area contributed by atoms with Gasteiger partial charge in [0.25, 0.3) is 0 Å². The quantitative estimate of drug-likeness (QED) is 0.413. The molecule has 5 heteroatoms. The predicted molar refractivity (Wildman–Crippen MR) is 130 cm³/mol. The summed E-state index contributed by atoms with van der Waals surface area (Å²) in [7, 11) is 0. The Kier molecular flexibility index (Phi) is 10.7. The third-order valence-electron chi connectivity index (χ3n) is 4.66. The van der Waals surface area contributed by atoms with Crippen molar-refractivity contribution in [2.24, 2.45) is 0 Å². The topological polar surface area (TPSA) is 57.6 Å². The number of aliphatic carboxylic acids is 1. The number of Topliss-reactive ketones (excluding diaryl/α,β-unsaturated/α-hetero) is 1. The summed E-state index contributed by atoms with van der Waals surface area (Å²) in [4.78, 5) is 26.4. The summed E-state index contributed by atoms with van der Waals surface area (Å²) >= 11 is 1.31. The van der Waals surface area contributed by atoms with Gasteiger partial charge in [0.2, 0.25) is 0 Å². The first-order chi connectivity index (χ1) is 15.0. The van der Waals surface area contributed by atoms with Crippen LogP contribution < -0.4 is 0 Å². The number of ketones is 1. The first-order valence-corrected chi connectivity index (χ1v) is 11.6. The highest BCUT2D eigenvalue weighted by atomic mass is 32.2. The molecule has 0 saturated carbocycles. The van der Waals surface area contributed by atoms with Gasteiger partial charge in [-0.25, -0.2) is 0 Å². The zero-order valence-electron chi connectivity index (χ0n) is 18.3. The molecule has 0 aromatic heterocycles. The molecule has 0 unspecified atom stereocenters. The van der Waals surface area contributed by atoms with Crippen molar-refractivity contribution < 1.29 is 14.7 Å². The fourth-order valence-electron chi connectivity index (χ4n) is 2.96. The Morgan fingerprint density at radius 3 is 2.65 bits per heavy atom. The van der Waals surface area contributed by atoms with E-state index in [4.69, 9.17) is 5.11 Å². The standard InChI is InChI=1S/C26H31NO3S/c1-3-4-17-27(19-25(28)23-10-7-8-21(2)11-14-23)18-6-5-9-22-12-15-24(16-13-22)31-20-26(29)30/h4-5,7-9,11-17H,3,6,10,18-20H2,1-2H3,(H,29,30)/b9-5+,17-4-. The largest absolute Gasteiger partial charge is 0.481 e. The van der Waals surface area contributed by atoms with Crippen LogP contribution in [0.4, 0.5) is 0 Å². The van der Waals surface area contributed by atoms with E-state index in [-0.39, 0.29) is 11.5 Å². The number of hydrogen-bond donors (Lipinski definition) is 1. The molecule has 1 aliphatic carbocycles. The second kappa shape index (κ2) is 13.5. The molecule has 4 nitrogen and oxygen atoms in total. The van der Waals surface area contributed by atoms with Gasteiger partial charge in [-0.2, -0.15) is 0 Å². The molecular formula is C26H31NO3S. The molecule has 0 aliphatic heterocycles. The molecule has 0 radical (unpaired) electrons. The maximum absolute atomic E-state index is 12.7. The highest BCUT2D eigenvalue weighted by Crippen LogP contribution is 2.19. The number of carboxylic acid groups (broad SMARTS) is 1. The Bertz CT molecular complexity index is 892. The van der Waals surface area contributed by atoms with Crippen LogP contribution in [0.3, 0.4) is 0 Å². The number of rotatable bonds is 12. The maximum atomic E-state index is 12.7. The number of carbonyl (C=O) groups is 2. The molecule has 31 heavy (non-hydrogen) atoms. The summed E-state index contributed by atoms with van der Waals surface area (Å²) in [5.41, 5.74) is 3.08. The van der Waals surface area contributed by atoms with Crippen molar-refractivity contribution in [2.75, 3.05) is 18.8 Å². The number of nitrogens with zero attached hydrogens (tertiary/aromatic N) is 1. The minimum atomic E-state index is -0.812. The van der Waals surface area contributed by atoms with E-state index in [2.05, 4.69) is 30.1 Å². The summed E-state index contributed by atoms with van der Waals surface area (Å²) in [5, 5.41) is 8.75. The third-order valence-corrected chi connectivity index (χ3v) is 5.66. The van der Waals surface area contributed by atoms with Crippen molar-refractivity contribution in [1.82, 2.24) is 4.90 Å². The number of benzene rings is 1. The zero-order chi connectivity index (χ0) is 22.5. The highest BCUT2D eigenvalue weighted by Gasteiger charge is 2.12. The van der Waals surface area contributed by atoms with E-state index in [1.165, 1.54) is 11.8 Å². The molecule has 1 N–H and O–H groups in total. The number of thioether (sulfide) groups is 1. The van der Waals surface area contributed by atoms with Crippen LogP contribution >= 0.6 is 11.8 Å². The number of carbonyl (C=O) groups excluding carboxylic acids is 1. The summed E-state index contributed by atoms with van der Waals surface area (Å²) in [6.45, 7) is 5.27. The van der Waals surface area contributed by atoms with E-state index in [0.717, 1.165) is 41.0 Å². The fourth-order valence-corrected chi connectivity index (χ4v) is 3.58. The number of hydrogen-bond acceptors (Lipinski definition) is 4. The highest BCUT2D eigenvalue weighted by molar-refractivity contribution is 8.00. The number of allylic oxidation sites excluding steroid dienone is 6. The average molecular weight is 438 g/mol. The van der Waals surface area contributed by atoms with Crippen LogP contribution in [-0.4, -0.2) is 40.6 Å². The molecule has 0 atom stereocenters. The maximum Gasteiger partial charge on any atom is 0.313 e. The van der Waals surface area contributed by atoms with Crippen molar-refractivity contribution >= 4 is 29.6 Å². The smallest absolute Gasteiger partial charge is 0.313 e. The van der Waals surface area contributed by atoms with Gasteiger partial charge in [-0.05, 0) is 50.1 Å². The Morgan fingerprint density at radius 2 is 1.94 bits per heavy atom. The van der Waals surface area contributed by atoms with E-state index in [9.17, 15) is 9.59 Å². The summed E-state index contributed by atoms with van der Waals surface area (Å²) in [6, 6.07) is 7.85. The fraction of sp³-hybridized carbons (Fsp3) is 0.308. The minimum absolute atomic E-state index is 0.0676. The molecule has 2 rings (SSSR count). The SMILES string of the molecule is CC/C=C\N(CC/C=C/c1ccc(SCC(=O)O)cc1)CC(=O)C1=CC=C(C)C=CC1. The molecule has 1 aromatic rings. The molecule has 0 heterocycles. The van der Waals surface area contributed by atoms with Gasteiger partial charge in [0, 0.05) is 17.0 Å². The Morgan fingerprint density at radius 1 is 1.16 bits per heavy atom. The van der Waals surface area contributed by atoms with Crippen LogP contribution in [0.25, 0.3) is 6.08 Å². The molecule has 1 aromatic carbocycles. The summed E-state index contributed by atoms with van der Waals surface area (Å²) in [5.74, 6) is -0.583. The molecule has 0 saturated heterocycles. The van der Waals surface area contributed by atoms with Crippen LogP contribution in [0, 0.1) is 0 Å². The molecular weight excluding hydrogens is 406 g/mol. The predicted octanol–water partition coefficient (Wildman–Crippen LogP) is 5.89. The second-order valence-electron chi connectivity index (χ2n) is 7.34. The molecule has 164 valence electrons. The second-order valence-corrected chi connectivity index (χ2v) is 8.39. The average Bonchev–Trinajstić information content (AvgIpc) is 2.98. The van der Waals surface area contributed by atoms with Crippen molar-refractivity contribution in [3.05, 3.63) is 83.6 Å². The van der Waals surface area contributed by atoms with Gasteiger partial charge in [-0.15, -0.1) is 11.8 Å². The first kappa shape index (κ1) is 24.5. The van der Waals surface area contributed by atoms with Crippen molar-refractivity contribution in [1.29, 1.82) is 0 Å². The summed E-state index contributed by atoms with van der Waals surface area (Å²) in [6.07, 6.45) is 18.7. The lowest BCUT2D eigenvalue weighted by Gasteiger charge is -2.19. The van der Waals surface area contributed by atoms with Crippen molar-refractivity contribution in [2.45, 2.75) is 38.0 Å². The lowest BCUT2D eigenvalue weighted by atomic mass is 10.1. The van der Waals surface area contributed by atoms with Crippen LogP contribution in [0.1, 0.15) is 38.7 Å². The molecule has 0 bridgehead atoms. The van der Waals surface area contributed by atoms with E-state index in [1.807, 2.05) is 61.7 Å². The molecule has 0 amide bonds. The monoisotopic (exact) mass is 437 g/mol. The van der Waals surface area contributed by atoms with Crippen molar-refractivity contribution in [3.63, 3.8) is 0 Å². The van der Waals surface area contributed by atoms with Gasteiger partial charge >= 0.3 is 5.97 Å². The van der Waals surface area contributed by atoms with Gasteiger partial charge < -0.3 is 10.0 Å². The van der Waals surface area contributed by atoms with E-state index in [1.54, 1.807) is 0 Å². The normalized spacial score (nSPS) is 13.9. The van der Waals surface area contributed by atoms with Gasteiger partial charge in [0.15, 0.2) is 5.78 Å². The van der Waals surface area contributed by atoms with Gasteiger partial charge in [-0.1, -0.05) is 67.2 Å². The Balaban J connectivity index is 1.88. The van der Waals surface area contributed by atoms with Crippen LogP contribution in [0.5, 0.6) is 0 Å². The first-order valence-electron chi connectivity index (χ1n) is 10.6. The van der Waals surface area contributed by atoms with Crippen LogP contribution in [0.2, 0.25) is 0 Å². The number of carboxylic acids is 1. The third kappa shape index (κ3) is 9.71. The van der Waals surface area contributed by atoms with E-state index in [0.29, 0.717) is 13.0 Å².